The molecule has 0 unspecified atom stereocenters. The van der Waals surface area contributed by atoms with Crippen LogP contribution in [-0.2, 0) is 4.79 Å². The van der Waals surface area contributed by atoms with E-state index in [1.165, 1.54) is 36.7 Å². The molecule has 0 saturated carbocycles. The van der Waals surface area contributed by atoms with Crippen molar-refractivity contribution in [1.82, 2.24) is 19.7 Å². The number of rotatable bonds is 6. The van der Waals surface area contributed by atoms with Gasteiger partial charge in [0.1, 0.15) is 6.33 Å². The fraction of sp³-hybridized carbons (Fsp3) is 0.250. The first kappa shape index (κ1) is 21.7. The highest BCUT2D eigenvalue weighted by atomic mass is 35.5. The summed E-state index contributed by atoms with van der Waals surface area (Å²) in [4.78, 5) is 19.5. The number of hydrogen-bond donors (Lipinski definition) is 1. The molecule has 1 N–H and O–H groups in total. The summed E-state index contributed by atoms with van der Waals surface area (Å²) >= 11 is 7.43. The lowest BCUT2D eigenvalue weighted by Gasteiger charge is -2.30. The Hall–Kier alpha value is -3.10. The van der Waals surface area contributed by atoms with Crippen LogP contribution in [0.2, 0.25) is 5.02 Å². The Morgan fingerprint density at radius 3 is 2.82 bits per heavy atom. The molecule has 168 valence electrons. The molecule has 7 nitrogen and oxygen atoms in total. The van der Waals surface area contributed by atoms with Gasteiger partial charge in [0, 0.05) is 47.0 Å². The second kappa shape index (κ2) is 9.80. The highest BCUT2D eigenvalue weighted by molar-refractivity contribution is 7.99. The van der Waals surface area contributed by atoms with E-state index in [4.69, 9.17) is 11.6 Å². The minimum Gasteiger partial charge on any atom is -0.371 e. The summed E-state index contributed by atoms with van der Waals surface area (Å²) in [7, 11) is 0. The SMILES string of the molecule is O=C(CSc1nncn1-c1cccc(Cl)c1)Nc1ccc(N2CCCCC2)c2ccncc12. The van der Waals surface area contributed by atoms with Crippen LogP contribution in [0.5, 0.6) is 0 Å². The number of piperidine rings is 1. The average Bonchev–Trinajstić information content (AvgIpc) is 3.32. The molecule has 1 saturated heterocycles. The number of thioether (sulfide) groups is 1. The number of carbonyl (C=O) groups excluding carboxylic acids is 1. The molecule has 0 spiro atoms. The summed E-state index contributed by atoms with van der Waals surface area (Å²) in [5.74, 6) is 0.0889. The summed E-state index contributed by atoms with van der Waals surface area (Å²) < 4.78 is 1.82. The van der Waals surface area contributed by atoms with E-state index in [9.17, 15) is 4.79 Å². The van der Waals surface area contributed by atoms with Crippen LogP contribution in [0, 0.1) is 0 Å². The van der Waals surface area contributed by atoms with Crippen LogP contribution in [0.4, 0.5) is 11.4 Å². The largest absolute Gasteiger partial charge is 0.371 e. The molecule has 2 aromatic heterocycles. The van der Waals surface area contributed by atoms with E-state index in [0.29, 0.717) is 10.2 Å². The number of hydrogen-bond acceptors (Lipinski definition) is 6. The lowest BCUT2D eigenvalue weighted by Crippen LogP contribution is -2.29. The second-order valence-corrected chi connectivity index (χ2v) is 9.28. The molecule has 0 bridgehead atoms. The standard InChI is InChI=1S/C24H23ClN6OS/c25-17-5-4-6-18(13-17)31-16-27-29-24(31)33-15-23(32)28-21-7-8-22(30-11-2-1-3-12-30)19-9-10-26-14-20(19)21/h4-10,13-14,16H,1-3,11-12,15H2,(H,28,32). The summed E-state index contributed by atoms with van der Waals surface area (Å²) in [6.45, 7) is 2.13. The van der Waals surface area contributed by atoms with Gasteiger partial charge in [0.2, 0.25) is 5.91 Å². The third-order valence-corrected chi connectivity index (χ3v) is 6.88. The summed E-state index contributed by atoms with van der Waals surface area (Å²) in [6.07, 6.45) is 8.95. The van der Waals surface area contributed by atoms with E-state index < -0.39 is 0 Å². The maximum atomic E-state index is 12.8. The highest BCUT2D eigenvalue weighted by Gasteiger charge is 2.17. The molecule has 4 aromatic rings. The number of nitrogens with zero attached hydrogens (tertiary/aromatic N) is 5. The Bertz CT molecular complexity index is 1290. The lowest BCUT2D eigenvalue weighted by molar-refractivity contribution is -0.113. The fourth-order valence-electron chi connectivity index (χ4n) is 4.14. The van der Waals surface area contributed by atoms with Gasteiger partial charge in [0.25, 0.3) is 0 Å². The molecule has 2 aromatic carbocycles. The quantitative estimate of drug-likeness (QED) is 0.384. The van der Waals surface area contributed by atoms with Crippen LogP contribution >= 0.6 is 23.4 Å². The maximum Gasteiger partial charge on any atom is 0.234 e. The molecule has 33 heavy (non-hydrogen) atoms. The van der Waals surface area contributed by atoms with E-state index >= 15 is 0 Å². The first-order valence-corrected chi connectivity index (χ1v) is 12.3. The maximum absolute atomic E-state index is 12.8. The van der Waals surface area contributed by atoms with Gasteiger partial charge in [-0.3, -0.25) is 14.3 Å². The fourth-order valence-corrected chi connectivity index (χ4v) is 5.05. The van der Waals surface area contributed by atoms with Gasteiger partial charge in [-0.15, -0.1) is 10.2 Å². The van der Waals surface area contributed by atoms with Crippen molar-refractivity contribution in [3.63, 3.8) is 0 Å². The van der Waals surface area contributed by atoms with Gasteiger partial charge in [-0.2, -0.15) is 0 Å². The van der Waals surface area contributed by atoms with E-state index in [1.54, 1.807) is 12.5 Å². The minimum atomic E-state index is -0.114. The molecule has 0 atom stereocenters. The Kier molecular flexibility index (Phi) is 6.46. The predicted molar refractivity (Wildman–Crippen MR) is 134 cm³/mol. The second-order valence-electron chi connectivity index (χ2n) is 7.90. The molecule has 9 heteroatoms. The third kappa shape index (κ3) is 4.82. The molecule has 0 radical (unpaired) electrons. The summed E-state index contributed by atoms with van der Waals surface area (Å²) in [6, 6.07) is 13.5. The van der Waals surface area contributed by atoms with Gasteiger partial charge in [-0.25, -0.2) is 0 Å². The molecular weight excluding hydrogens is 456 g/mol. The predicted octanol–water partition coefficient (Wildman–Crippen LogP) is 5.19. The minimum absolute atomic E-state index is 0.114. The normalized spacial score (nSPS) is 13.9. The molecule has 1 amide bonds. The number of fused-ring (bicyclic) bond motifs is 1. The van der Waals surface area contributed by atoms with Gasteiger partial charge in [0.05, 0.1) is 17.1 Å². The lowest BCUT2D eigenvalue weighted by atomic mass is 10.1. The number of aromatic nitrogens is 4. The van der Waals surface area contributed by atoms with E-state index in [1.807, 2.05) is 47.2 Å². The number of halogens is 1. The number of carbonyl (C=O) groups is 1. The Labute approximate surface area is 201 Å². The van der Waals surface area contributed by atoms with E-state index in [2.05, 4.69) is 31.5 Å². The van der Waals surface area contributed by atoms with Crippen molar-refractivity contribution in [2.45, 2.75) is 24.4 Å². The van der Waals surface area contributed by atoms with Gasteiger partial charge < -0.3 is 10.2 Å². The number of amides is 1. The van der Waals surface area contributed by atoms with Crippen molar-refractivity contribution in [2.75, 3.05) is 29.1 Å². The monoisotopic (exact) mass is 478 g/mol. The van der Waals surface area contributed by atoms with Crippen LogP contribution in [-0.4, -0.2) is 44.5 Å². The molecule has 1 aliphatic heterocycles. The Morgan fingerprint density at radius 1 is 1.09 bits per heavy atom. The van der Waals surface area contributed by atoms with Crippen molar-refractivity contribution in [1.29, 1.82) is 0 Å². The molecule has 1 fully saturated rings. The zero-order valence-electron chi connectivity index (χ0n) is 17.9. The van der Waals surface area contributed by atoms with Gasteiger partial charge in [-0.05, 0) is 55.7 Å². The topological polar surface area (TPSA) is 75.9 Å². The average molecular weight is 479 g/mol. The first-order chi connectivity index (χ1) is 16.2. The zero-order chi connectivity index (χ0) is 22.6. The molecule has 5 rings (SSSR count). The molecule has 0 aliphatic carbocycles. The van der Waals surface area contributed by atoms with Crippen molar-refractivity contribution < 1.29 is 4.79 Å². The number of pyridine rings is 1. The van der Waals surface area contributed by atoms with E-state index in [0.717, 1.165) is 35.2 Å². The van der Waals surface area contributed by atoms with Crippen molar-refractivity contribution in [3.8, 4) is 5.69 Å². The van der Waals surface area contributed by atoms with Crippen LogP contribution in [0.15, 0.2) is 66.3 Å². The molecule has 1 aliphatic rings. The Morgan fingerprint density at radius 2 is 1.97 bits per heavy atom. The number of benzene rings is 2. The molecule has 3 heterocycles. The summed E-state index contributed by atoms with van der Waals surface area (Å²) in [5, 5.41) is 14.5. The smallest absolute Gasteiger partial charge is 0.234 e. The summed E-state index contributed by atoms with van der Waals surface area (Å²) in [5.41, 5.74) is 2.82. The number of nitrogens with one attached hydrogen (secondary N) is 1. The zero-order valence-corrected chi connectivity index (χ0v) is 19.5. The first-order valence-electron chi connectivity index (χ1n) is 10.9. The van der Waals surface area contributed by atoms with Crippen molar-refractivity contribution >= 4 is 51.4 Å². The van der Waals surface area contributed by atoms with Crippen molar-refractivity contribution in [3.05, 3.63) is 66.2 Å². The van der Waals surface area contributed by atoms with Crippen molar-refractivity contribution in [2.24, 2.45) is 0 Å². The molecular formula is C24H23ClN6OS. The van der Waals surface area contributed by atoms with Gasteiger partial charge in [-0.1, -0.05) is 29.4 Å². The Balaban J connectivity index is 1.31. The third-order valence-electron chi connectivity index (χ3n) is 5.70. The van der Waals surface area contributed by atoms with Crippen LogP contribution in [0.25, 0.3) is 16.5 Å². The highest BCUT2D eigenvalue weighted by Crippen LogP contribution is 2.33. The van der Waals surface area contributed by atoms with Crippen LogP contribution < -0.4 is 10.2 Å². The van der Waals surface area contributed by atoms with E-state index in [-0.39, 0.29) is 11.7 Å². The van der Waals surface area contributed by atoms with Gasteiger partial charge in [0.15, 0.2) is 5.16 Å². The van der Waals surface area contributed by atoms with Crippen LogP contribution in [0.1, 0.15) is 19.3 Å². The van der Waals surface area contributed by atoms with Gasteiger partial charge >= 0.3 is 0 Å². The number of anilines is 2. The van der Waals surface area contributed by atoms with Crippen LogP contribution in [0.3, 0.4) is 0 Å².